The highest BCUT2D eigenvalue weighted by atomic mass is 16.5. The molecule has 0 spiro atoms. The van der Waals surface area contributed by atoms with Gasteiger partial charge in [-0.1, -0.05) is 12.1 Å². The second-order valence-corrected chi connectivity index (χ2v) is 4.53. The van der Waals surface area contributed by atoms with Crippen molar-refractivity contribution in [2.45, 2.75) is 6.54 Å². The van der Waals surface area contributed by atoms with Gasteiger partial charge in [0, 0.05) is 6.20 Å². The summed E-state index contributed by atoms with van der Waals surface area (Å²) in [5.74, 6) is -0.456. The fraction of sp³-hybridized carbons (Fsp3) is 0.133. The van der Waals surface area contributed by atoms with Crippen molar-refractivity contribution in [3.8, 4) is 5.75 Å². The molecule has 0 fully saturated rings. The molecule has 1 amide bonds. The van der Waals surface area contributed by atoms with Gasteiger partial charge in [0.05, 0.1) is 12.8 Å². The summed E-state index contributed by atoms with van der Waals surface area (Å²) in [5, 5.41) is 2.70. The van der Waals surface area contributed by atoms with Crippen molar-refractivity contribution in [3.05, 3.63) is 53.1 Å². The first kappa shape index (κ1) is 13.9. The second-order valence-electron chi connectivity index (χ2n) is 4.53. The summed E-state index contributed by atoms with van der Waals surface area (Å²) >= 11 is 0. The van der Waals surface area contributed by atoms with E-state index in [4.69, 9.17) is 9.15 Å². The summed E-state index contributed by atoms with van der Waals surface area (Å²) < 4.78 is 11.4. The smallest absolute Gasteiger partial charge is 0.421 e. The van der Waals surface area contributed by atoms with Gasteiger partial charge in [-0.2, -0.15) is 0 Å². The van der Waals surface area contributed by atoms with Crippen molar-refractivity contribution in [2.24, 2.45) is 0 Å². The summed E-state index contributed by atoms with van der Waals surface area (Å²) in [6, 6.07) is 10.3. The summed E-state index contributed by atoms with van der Waals surface area (Å²) in [6.07, 6.45) is 1.53. The third-order valence-corrected chi connectivity index (χ3v) is 3.11. The number of rotatable bonds is 4. The van der Waals surface area contributed by atoms with Gasteiger partial charge in [0.2, 0.25) is 5.91 Å². The van der Waals surface area contributed by atoms with Crippen LogP contribution in [0.15, 0.2) is 51.8 Å². The minimum atomic E-state index is -0.621. The number of aromatic nitrogens is 2. The van der Waals surface area contributed by atoms with Gasteiger partial charge in [-0.05, 0) is 24.3 Å². The molecule has 0 aliphatic rings. The Bertz CT molecular complexity index is 882. The molecule has 22 heavy (non-hydrogen) atoms. The molecule has 0 saturated heterocycles. The highest BCUT2D eigenvalue weighted by molar-refractivity contribution is 5.92. The highest BCUT2D eigenvalue weighted by Crippen LogP contribution is 2.23. The average molecular weight is 299 g/mol. The third kappa shape index (κ3) is 2.56. The van der Waals surface area contributed by atoms with Crippen LogP contribution in [0.1, 0.15) is 0 Å². The summed E-state index contributed by atoms with van der Waals surface area (Å²) in [6.45, 7) is -0.194. The minimum absolute atomic E-state index is 0.194. The van der Waals surface area contributed by atoms with E-state index in [9.17, 15) is 9.59 Å². The van der Waals surface area contributed by atoms with Gasteiger partial charge < -0.3 is 14.5 Å². The topological polar surface area (TPSA) is 86.4 Å². The molecular formula is C15H13N3O4. The maximum Gasteiger partial charge on any atom is 0.421 e. The van der Waals surface area contributed by atoms with Gasteiger partial charge >= 0.3 is 5.76 Å². The number of hydrogen-bond donors (Lipinski definition) is 1. The zero-order chi connectivity index (χ0) is 15.5. The number of hydrogen-bond acceptors (Lipinski definition) is 5. The number of pyridine rings is 1. The number of nitrogens with zero attached hydrogens (tertiary/aromatic N) is 2. The first-order chi connectivity index (χ1) is 10.7. The molecule has 2 aromatic heterocycles. The Morgan fingerprint density at radius 1 is 1.32 bits per heavy atom. The molecule has 0 saturated carbocycles. The number of para-hydroxylation sites is 2. The number of benzene rings is 1. The van der Waals surface area contributed by atoms with Crippen LogP contribution in [0.5, 0.6) is 5.75 Å². The lowest BCUT2D eigenvalue weighted by atomic mass is 10.3. The highest BCUT2D eigenvalue weighted by Gasteiger charge is 2.14. The maximum absolute atomic E-state index is 12.1. The molecule has 0 unspecified atom stereocenters. The van der Waals surface area contributed by atoms with Crippen LogP contribution in [-0.2, 0) is 11.3 Å². The number of ether oxygens (including phenoxy) is 1. The number of carbonyl (C=O) groups excluding carboxylic acids is 1. The van der Waals surface area contributed by atoms with Crippen LogP contribution in [0.25, 0.3) is 11.2 Å². The van der Waals surface area contributed by atoms with Crippen LogP contribution >= 0.6 is 0 Å². The average Bonchev–Trinajstić information content (AvgIpc) is 2.84. The Hall–Kier alpha value is -3.09. The number of nitrogens with one attached hydrogen (secondary N) is 1. The Kier molecular flexibility index (Phi) is 3.61. The summed E-state index contributed by atoms with van der Waals surface area (Å²) in [4.78, 5) is 28.0. The molecule has 1 N–H and O–H groups in total. The lowest BCUT2D eigenvalue weighted by Crippen LogP contribution is -2.25. The molecule has 0 aliphatic heterocycles. The number of oxazole rings is 1. The third-order valence-electron chi connectivity index (χ3n) is 3.11. The number of methoxy groups -OCH3 is 1. The van der Waals surface area contributed by atoms with Crippen molar-refractivity contribution >= 4 is 22.8 Å². The predicted octanol–water partition coefficient (Wildman–Crippen LogP) is 1.64. The molecule has 0 atom stereocenters. The zero-order valence-corrected chi connectivity index (χ0v) is 11.8. The first-order valence-electron chi connectivity index (χ1n) is 6.56. The lowest BCUT2D eigenvalue weighted by molar-refractivity contribution is -0.116. The van der Waals surface area contributed by atoms with E-state index >= 15 is 0 Å². The van der Waals surface area contributed by atoms with Crippen LogP contribution in [0, 0.1) is 0 Å². The van der Waals surface area contributed by atoms with Gasteiger partial charge in [-0.15, -0.1) is 0 Å². The quantitative estimate of drug-likeness (QED) is 0.791. The summed E-state index contributed by atoms with van der Waals surface area (Å²) in [7, 11) is 1.52. The van der Waals surface area contributed by atoms with Crippen LogP contribution in [0.4, 0.5) is 5.69 Å². The van der Waals surface area contributed by atoms with Crippen molar-refractivity contribution in [1.82, 2.24) is 9.55 Å². The fourth-order valence-corrected chi connectivity index (χ4v) is 2.12. The van der Waals surface area contributed by atoms with E-state index in [1.54, 1.807) is 36.4 Å². The maximum atomic E-state index is 12.1. The van der Waals surface area contributed by atoms with Gasteiger partial charge in [0.1, 0.15) is 12.3 Å². The first-order valence-corrected chi connectivity index (χ1v) is 6.56. The molecule has 1 aromatic carbocycles. The van der Waals surface area contributed by atoms with E-state index in [-0.39, 0.29) is 12.5 Å². The van der Waals surface area contributed by atoms with E-state index in [0.717, 1.165) is 0 Å². The van der Waals surface area contributed by atoms with E-state index in [1.807, 2.05) is 0 Å². The van der Waals surface area contributed by atoms with E-state index in [1.165, 1.54) is 17.9 Å². The van der Waals surface area contributed by atoms with Crippen LogP contribution < -0.4 is 15.8 Å². The standard InChI is InChI=1S/C15H13N3O4/c1-21-11-6-3-2-5-10(11)17-13(19)9-18-14-12(22-15(18)20)7-4-8-16-14/h2-8H,9H2,1H3,(H,17,19). The Balaban J connectivity index is 1.85. The number of amides is 1. The summed E-state index contributed by atoms with van der Waals surface area (Å²) in [5.41, 5.74) is 1.21. The van der Waals surface area contributed by atoms with Crippen molar-refractivity contribution in [2.75, 3.05) is 12.4 Å². The fourth-order valence-electron chi connectivity index (χ4n) is 2.12. The normalized spacial score (nSPS) is 10.6. The van der Waals surface area contributed by atoms with E-state index < -0.39 is 5.76 Å². The van der Waals surface area contributed by atoms with Crippen LogP contribution in [-0.4, -0.2) is 22.6 Å². The van der Waals surface area contributed by atoms with Crippen molar-refractivity contribution in [3.63, 3.8) is 0 Å². The molecule has 3 rings (SSSR count). The van der Waals surface area contributed by atoms with Crippen molar-refractivity contribution in [1.29, 1.82) is 0 Å². The largest absolute Gasteiger partial charge is 0.495 e. The lowest BCUT2D eigenvalue weighted by Gasteiger charge is -2.09. The molecule has 7 nitrogen and oxygen atoms in total. The molecule has 2 heterocycles. The number of fused-ring (bicyclic) bond motifs is 1. The minimum Gasteiger partial charge on any atom is -0.495 e. The van der Waals surface area contributed by atoms with Gasteiger partial charge in [-0.25, -0.2) is 14.3 Å². The van der Waals surface area contributed by atoms with E-state index in [0.29, 0.717) is 22.7 Å². The van der Waals surface area contributed by atoms with E-state index in [2.05, 4.69) is 10.3 Å². The Labute approximate surface area is 125 Å². The molecule has 7 heteroatoms. The van der Waals surface area contributed by atoms with Crippen LogP contribution in [0.2, 0.25) is 0 Å². The zero-order valence-electron chi connectivity index (χ0n) is 11.8. The monoisotopic (exact) mass is 299 g/mol. The van der Waals surface area contributed by atoms with Crippen molar-refractivity contribution < 1.29 is 13.9 Å². The van der Waals surface area contributed by atoms with Gasteiger partial charge in [-0.3, -0.25) is 4.79 Å². The second kappa shape index (κ2) is 5.72. The molecule has 0 aliphatic carbocycles. The number of carbonyl (C=O) groups is 1. The molecule has 0 radical (unpaired) electrons. The molecular weight excluding hydrogens is 286 g/mol. The predicted molar refractivity (Wildman–Crippen MR) is 79.9 cm³/mol. The molecule has 0 bridgehead atoms. The number of anilines is 1. The Morgan fingerprint density at radius 3 is 2.95 bits per heavy atom. The molecule has 3 aromatic rings. The molecule has 112 valence electrons. The SMILES string of the molecule is COc1ccccc1NC(=O)Cn1c(=O)oc2cccnc21. The van der Waals surface area contributed by atoms with Gasteiger partial charge in [0.25, 0.3) is 0 Å². The Morgan fingerprint density at radius 2 is 2.14 bits per heavy atom. The van der Waals surface area contributed by atoms with Crippen LogP contribution in [0.3, 0.4) is 0 Å². The van der Waals surface area contributed by atoms with Gasteiger partial charge in [0.15, 0.2) is 11.2 Å².